The minimum Gasteiger partial charge on any atom is -0.507 e. The van der Waals surface area contributed by atoms with E-state index >= 15 is 0 Å². The van der Waals surface area contributed by atoms with Crippen LogP contribution in [0.15, 0.2) is 60.9 Å². The number of carbonyl (C=O) groups is 1. The number of H-pyrrole nitrogens is 1. The minimum absolute atomic E-state index is 0.0630. The molecular formula is C21H12ClN3O2. The largest absolute Gasteiger partial charge is 0.507 e. The molecule has 130 valence electrons. The predicted molar refractivity (Wildman–Crippen MR) is 103 cm³/mol. The number of rotatable bonds is 3. The summed E-state index contributed by atoms with van der Waals surface area (Å²) in [6, 6.07) is 15.5. The Balaban J connectivity index is 1.82. The van der Waals surface area contributed by atoms with Crippen molar-refractivity contribution < 1.29 is 9.90 Å². The summed E-state index contributed by atoms with van der Waals surface area (Å²) in [6.45, 7) is 0. The third kappa shape index (κ3) is 2.92. The number of hydrogen-bond donors (Lipinski definition) is 2. The molecule has 6 heteroatoms. The number of phenolic OH excluding ortho intramolecular Hbond substituents is 1. The van der Waals surface area contributed by atoms with Crippen molar-refractivity contribution in [3.8, 4) is 23.1 Å². The number of pyridine rings is 1. The highest BCUT2D eigenvalue weighted by Crippen LogP contribution is 2.30. The zero-order chi connectivity index (χ0) is 19.0. The van der Waals surface area contributed by atoms with E-state index in [1.165, 1.54) is 30.5 Å². The Bertz CT molecular complexity index is 1240. The van der Waals surface area contributed by atoms with Gasteiger partial charge in [-0.05, 0) is 30.3 Å². The summed E-state index contributed by atoms with van der Waals surface area (Å²) in [5.41, 5.74) is 2.74. The van der Waals surface area contributed by atoms with Crippen LogP contribution in [0.1, 0.15) is 21.5 Å². The minimum atomic E-state index is -0.454. The Kier molecular flexibility index (Phi) is 4.11. The Morgan fingerprint density at radius 1 is 1.19 bits per heavy atom. The van der Waals surface area contributed by atoms with Crippen molar-refractivity contribution in [1.82, 2.24) is 9.97 Å². The summed E-state index contributed by atoms with van der Waals surface area (Å²) in [5, 5.41) is 20.8. The predicted octanol–water partition coefficient (Wildman–Crippen LogP) is 4.69. The van der Waals surface area contributed by atoms with Gasteiger partial charge in [0, 0.05) is 39.4 Å². The fraction of sp³-hybridized carbons (Fsp3) is 0. The molecule has 0 aliphatic carbocycles. The number of nitrogens with one attached hydrogen (secondary N) is 1. The molecule has 0 amide bonds. The summed E-state index contributed by atoms with van der Waals surface area (Å²) in [6.07, 6.45) is 3.19. The lowest BCUT2D eigenvalue weighted by molar-refractivity contribution is 0.103. The van der Waals surface area contributed by atoms with Gasteiger partial charge < -0.3 is 10.1 Å². The molecule has 0 radical (unpaired) electrons. The van der Waals surface area contributed by atoms with Crippen LogP contribution in [0.2, 0.25) is 5.02 Å². The highest BCUT2D eigenvalue weighted by atomic mass is 35.5. The maximum atomic E-state index is 12.7. The second-order valence-corrected chi connectivity index (χ2v) is 6.41. The van der Waals surface area contributed by atoms with Gasteiger partial charge in [0.2, 0.25) is 0 Å². The summed E-state index contributed by atoms with van der Waals surface area (Å²) in [5.74, 6) is -0.631. The Labute approximate surface area is 159 Å². The number of phenols is 1. The summed E-state index contributed by atoms with van der Waals surface area (Å²) in [4.78, 5) is 20.2. The van der Waals surface area contributed by atoms with E-state index in [1.54, 1.807) is 6.20 Å². The van der Waals surface area contributed by atoms with E-state index in [9.17, 15) is 15.2 Å². The normalized spacial score (nSPS) is 10.7. The van der Waals surface area contributed by atoms with E-state index in [2.05, 4.69) is 16.0 Å². The lowest BCUT2D eigenvalue weighted by Crippen LogP contribution is -2.04. The Morgan fingerprint density at radius 2 is 2.00 bits per heavy atom. The van der Waals surface area contributed by atoms with E-state index in [0.717, 1.165) is 16.5 Å². The summed E-state index contributed by atoms with van der Waals surface area (Å²) in [7, 11) is 0. The van der Waals surface area contributed by atoms with E-state index in [-0.39, 0.29) is 22.4 Å². The van der Waals surface area contributed by atoms with E-state index in [1.807, 2.05) is 24.3 Å². The van der Waals surface area contributed by atoms with E-state index < -0.39 is 5.78 Å². The molecule has 0 atom stereocenters. The molecule has 2 aromatic carbocycles. The molecule has 5 nitrogen and oxygen atoms in total. The lowest BCUT2D eigenvalue weighted by atomic mass is 9.99. The molecule has 27 heavy (non-hydrogen) atoms. The number of benzene rings is 2. The van der Waals surface area contributed by atoms with Crippen molar-refractivity contribution in [1.29, 1.82) is 5.26 Å². The van der Waals surface area contributed by atoms with Gasteiger partial charge in [0.05, 0.1) is 16.8 Å². The van der Waals surface area contributed by atoms with Crippen molar-refractivity contribution in [3.05, 3.63) is 82.6 Å². The van der Waals surface area contributed by atoms with Gasteiger partial charge in [-0.3, -0.25) is 9.78 Å². The van der Waals surface area contributed by atoms with Gasteiger partial charge in [-0.2, -0.15) is 5.26 Å². The average Bonchev–Trinajstić information content (AvgIpc) is 3.12. The second-order valence-electron chi connectivity index (χ2n) is 5.97. The average molecular weight is 374 g/mol. The number of para-hydroxylation sites is 1. The fourth-order valence-electron chi connectivity index (χ4n) is 3.00. The van der Waals surface area contributed by atoms with Crippen molar-refractivity contribution in [2.45, 2.75) is 0 Å². The maximum Gasteiger partial charge on any atom is 0.198 e. The quantitative estimate of drug-likeness (QED) is 0.510. The highest BCUT2D eigenvalue weighted by molar-refractivity contribution is 6.31. The first-order chi connectivity index (χ1) is 13.1. The van der Waals surface area contributed by atoms with Crippen LogP contribution in [0.25, 0.3) is 22.2 Å². The van der Waals surface area contributed by atoms with Crippen LogP contribution in [0.3, 0.4) is 0 Å². The van der Waals surface area contributed by atoms with Crippen LogP contribution in [0.5, 0.6) is 5.75 Å². The molecule has 4 aromatic rings. The summed E-state index contributed by atoms with van der Waals surface area (Å²) < 4.78 is 0. The van der Waals surface area contributed by atoms with Gasteiger partial charge in [0.25, 0.3) is 0 Å². The highest BCUT2D eigenvalue weighted by Gasteiger charge is 2.18. The van der Waals surface area contributed by atoms with Crippen LogP contribution < -0.4 is 0 Å². The number of aromatic nitrogens is 2. The van der Waals surface area contributed by atoms with Gasteiger partial charge in [-0.15, -0.1) is 0 Å². The molecule has 0 spiro atoms. The third-order valence-corrected chi connectivity index (χ3v) is 4.55. The van der Waals surface area contributed by atoms with Crippen LogP contribution in [0, 0.1) is 11.3 Å². The number of hydrogen-bond acceptors (Lipinski definition) is 4. The second kappa shape index (κ2) is 6.60. The van der Waals surface area contributed by atoms with E-state index in [4.69, 9.17) is 11.6 Å². The lowest BCUT2D eigenvalue weighted by Gasteiger charge is -2.07. The number of ketones is 1. The van der Waals surface area contributed by atoms with E-state index in [0.29, 0.717) is 10.7 Å². The standard InChI is InChI=1S/C21H12ClN3O2/c22-14-5-6-19(26)16(8-14)21(27)13-7-12(9-23)20(25-10-13)17-11-24-18-4-2-1-3-15(17)18/h1-8,10-11,24,26H. The van der Waals surface area contributed by atoms with Gasteiger partial charge in [0.1, 0.15) is 11.8 Å². The van der Waals surface area contributed by atoms with Crippen molar-refractivity contribution in [3.63, 3.8) is 0 Å². The number of nitriles is 1. The third-order valence-electron chi connectivity index (χ3n) is 4.32. The van der Waals surface area contributed by atoms with Crippen LogP contribution in [-0.4, -0.2) is 20.9 Å². The first-order valence-corrected chi connectivity index (χ1v) is 8.46. The molecule has 0 aliphatic heterocycles. The van der Waals surface area contributed by atoms with Crippen LogP contribution >= 0.6 is 11.6 Å². The van der Waals surface area contributed by atoms with Gasteiger partial charge in [0.15, 0.2) is 5.78 Å². The Morgan fingerprint density at radius 3 is 2.81 bits per heavy atom. The molecule has 4 rings (SSSR count). The molecule has 2 N–H and O–H groups in total. The monoisotopic (exact) mass is 373 g/mol. The molecule has 2 aromatic heterocycles. The SMILES string of the molecule is N#Cc1cc(C(=O)c2cc(Cl)ccc2O)cnc1-c1c[nH]c2ccccc12. The van der Waals surface area contributed by atoms with Gasteiger partial charge >= 0.3 is 0 Å². The first kappa shape index (κ1) is 16.8. The number of aromatic amines is 1. The maximum absolute atomic E-state index is 12.7. The molecule has 0 fully saturated rings. The summed E-state index contributed by atoms with van der Waals surface area (Å²) >= 11 is 5.92. The van der Waals surface area contributed by atoms with Crippen LogP contribution in [0.4, 0.5) is 0 Å². The van der Waals surface area contributed by atoms with Crippen molar-refractivity contribution >= 4 is 28.3 Å². The number of fused-ring (bicyclic) bond motifs is 1. The molecule has 0 saturated carbocycles. The molecule has 0 unspecified atom stereocenters. The van der Waals surface area contributed by atoms with Crippen LogP contribution in [-0.2, 0) is 0 Å². The smallest absolute Gasteiger partial charge is 0.198 e. The zero-order valence-electron chi connectivity index (χ0n) is 13.9. The molecule has 0 saturated heterocycles. The molecule has 0 bridgehead atoms. The van der Waals surface area contributed by atoms with Gasteiger partial charge in [-0.1, -0.05) is 29.8 Å². The molecule has 2 heterocycles. The fourth-order valence-corrected chi connectivity index (χ4v) is 3.17. The number of carbonyl (C=O) groups excluding carboxylic acids is 1. The first-order valence-electron chi connectivity index (χ1n) is 8.08. The van der Waals surface area contributed by atoms with Crippen molar-refractivity contribution in [2.24, 2.45) is 0 Å². The zero-order valence-corrected chi connectivity index (χ0v) is 14.7. The Hall–Kier alpha value is -3.62. The number of halogens is 1. The number of aromatic hydroxyl groups is 1. The number of nitrogens with zero attached hydrogens (tertiary/aromatic N) is 2. The van der Waals surface area contributed by atoms with Crippen molar-refractivity contribution in [2.75, 3.05) is 0 Å². The molecular weight excluding hydrogens is 362 g/mol. The molecule has 0 aliphatic rings. The van der Waals surface area contributed by atoms with Gasteiger partial charge in [-0.25, -0.2) is 0 Å². The topological polar surface area (TPSA) is 89.8 Å².